The van der Waals surface area contributed by atoms with E-state index in [0.717, 1.165) is 18.4 Å². The predicted octanol–water partition coefficient (Wildman–Crippen LogP) is 1.91. The molecule has 1 aromatic carbocycles. The van der Waals surface area contributed by atoms with E-state index >= 15 is 0 Å². The van der Waals surface area contributed by atoms with Crippen molar-refractivity contribution in [3.05, 3.63) is 29.3 Å². The molecule has 0 saturated heterocycles. The fourth-order valence-electron chi connectivity index (χ4n) is 3.31. The molecule has 1 heterocycles. The number of sulfone groups is 1. The summed E-state index contributed by atoms with van der Waals surface area (Å²) in [6, 6.07) is 5.20. The average molecular weight is 280 g/mol. The van der Waals surface area contributed by atoms with Crippen molar-refractivity contribution >= 4 is 15.8 Å². The van der Waals surface area contributed by atoms with E-state index in [1.54, 1.807) is 18.2 Å². The van der Waals surface area contributed by atoms with Crippen LogP contribution in [0, 0.1) is 0 Å². The maximum absolute atomic E-state index is 11.9. The summed E-state index contributed by atoms with van der Waals surface area (Å²) in [6.45, 7) is 0. The van der Waals surface area contributed by atoms with Crippen molar-refractivity contribution < 1.29 is 18.3 Å². The van der Waals surface area contributed by atoms with Crippen LogP contribution in [0.1, 0.15) is 36.8 Å². The second-order valence-corrected chi connectivity index (χ2v) is 7.56. The van der Waals surface area contributed by atoms with Crippen molar-refractivity contribution in [3.63, 3.8) is 0 Å². The predicted molar refractivity (Wildman–Crippen MR) is 70.0 cm³/mol. The van der Waals surface area contributed by atoms with E-state index in [2.05, 4.69) is 0 Å². The summed E-state index contributed by atoms with van der Waals surface area (Å²) in [5.41, 5.74) is 0.594. The second-order valence-electron chi connectivity index (χ2n) is 5.49. The molecule has 1 aliphatic heterocycles. The van der Waals surface area contributed by atoms with E-state index < -0.39 is 21.2 Å². The maximum Gasteiger partial charge on any atom is 0.314 e. The molecule has 1 aliphatic carbocycles. The third-order valence-electron chi connectivity index (χ3n) is 4.46. The van der Waals surface area contributed by atoms with Gasteiger partial charge in [0.25, 0.3) is 0 Å². The molecule has 2 aliphatic rings. The molecule has 1 N–H and O–H groups in total. The summed E-state index contributed by atoms with van der Waals surface area (Å²) < 4.78 is 23.9. The minimum Gasteiger partial charge on any atom is -0.481 e. The van der Waals surface area contributed by atoms with Crippen LogP contribution in [-0.2, 0) is 26.5 Å². The molecule has 0 bridgehead atoms. The Kier molecular flexibility index (Phi) is 2.71. The molecular formula is C14H16O4S. The Hall–Kier alpha value is -1.36. The van der Waals surface area contributed by atoms with Crippen LogP contribution in [0.25, 0.3) is 0 Å². The minimum absolute atomic E-state index is 0.145. The van der Waals surface area contributed by atoms with Gasteiger partial charge in [-0.05, 0) is 36.5 Å². The smallest absolute Gasteiger partial charge is 0.314 e. The zero-order valence-electron chi connectivity index (χ0n) is 10.6. The SMILES string of the molecule is O=C(O)C1(c2ccc3c(c2)S(=O)(=O)CC3)CCCC1. The first kappa shape index (κ1) is 12.7. The van der Waals surface area contributed by atoms with Gasteiger partial charge in [0.2, 0.25) is 0 Å². The molecule has 0 spiro atoms. The van der Waals surface area contributed by atoms with Crippen molar-refractivity contribution in [1.82, 2.24) is 0 Å². The van der Waals surface area contributed by atoms with E-state index in [4.69, 9.17) is 0 Å². The Morgan fingerprint density at radius 1 is 1.21 bits per heavy atom. The molecule has 19 heavy (non-hydrogen) atoms. The van der Waals surface area contributed by atoms with Gasteiger partial charge in [-0.2, -0.15) is 0 Å². The molecule has 4 nitrogen and oxygen atoms in total. The highest BCUT2D eigenvalue weighted by Gasteiger charge is 2.43. The first-order valence-corrected chi connectivity index (χ1v) is 8.20. The number of hydrogen-bond donors (Lipinski definition) is 1. The number of aryl methyl sites for hydroxylation is 1. The number of carbonyl (C=O) groups is 1. The summed E-state index contributed by atoms with van der Waals surface area (Å²) in [5.74, 6) is -0.688. The van der Waals surface area contributed by atoms with Crippen molar-refractivity contribution in [2.75, 3.05) is 5.75 Å². The zero-order chi connectivity index (χ0) is 13.7. The molecule has 102 valence electrons. The van der Waals surface area contributed by atoms with Crippen LogP contribution < -0.4 is 0 Å². The van der Waals surface area contributed by atoms with E-state index in [1.807, 2.05) is 0 Å². The van der Waals surface area contributed by atoms with Crippen LogP contribution in [0.3, 0.4) is 0 Å². The Balaban J connectivity index is 2.15. The van der Waals surface area contributed by atoms with Crippen LogP contribution in [-0.4, -0.2) is 25.2 Å². The molecule has 5 heteroatoms. The Morgan fingerprint density at radius 2 is 1.89 bits per heavy atom. The van der Waals surface area contributed by atoms with Gasteiger partial charge >= 0.3 is 5.97 Å². The van der Waals surface area contributed by atoms with E-state index in [1.165, 1.54) is 0 Å². The van der Waals surface area contributed by atoms with Gasteiger partial charge < -0.3 is 5.11 Å². The Labute approximate surface area is 112 Å². The summed E-state index contributed by atoms with van der Waals surface area (Å²) in [7, 11) is -3.20. The van der Waals surface area contributed by atoms with Gasteiger partial charge in [-0.15, -0.1) is 0 Å². The molecule has 0 amide bonds. The van der Waals surface area contributed by atoms with Crippen LogP contribution in [0.2, 0.25) is 0 Å². The molecule has 1 aromatic rings. The topological polar surface area (TPSA) is 71.4 Å². The molecule has 1 fully saturated rings. The van der Waals surface area contributed by atoms with Crippen molar-refractivity contribution in [3.8, 4) is 0 Å². The monoisotopic (exact) mass is 280 g/mol. The van der Waals surface area contributed by atoms with E-state index in [9.17, 15) is 18.3 Å². The van der Waals surface area contributed by atoms with E-state index in [-0.39, 0.29) is 5.75 Å². The summed E-state index contributed by atoms with van der Waals surface area (Å²) in [5, 5.41) is 9.55. The quantitative estimate of drug-likeness (QED) is 0.898. The van der Waals surface area contributed by atoms with Crippen molar-refractivity contribution in [2.24, 2.45) is 0 Å². The molecule has 0 unspecified atom stereocenters. The number of benzene rings is 1. The fourth-order valence-corrected chi connectivity index (χ4v) is 4.89. The van der Waals surface area contributed by atoms with Gasteiger partial charge in [0, 0.05) is 0 Å². The standard InChI is InChI=1S/C14H16O4S/c15-13(16)14(6-1-2-7-14)11-4-3-10-5-8-19(17,18)12(10)9-11/h3-4,9H,1-2,5-8H2,(H,15,16). The molecule has 1 saturated carbocycles. The third-order valence-corrected chi connectivity index (χ3v) is 6.25. The Morgan fingerprint density at radius 3 is 2.53 bits per heavy atom. The lowest BCUT2D eigenvalue weighted by molar-refractivity contribution is -0.143. The van der Waals surface area contributed by atoms with Crippen LogP contribution in [0.4, 0.5) is 0 Å². The minimum atomic E-state index is -3.20. The van der Waals surface area contributed by atoms with Crippen LogP contribution >= 0.6 is 0 Å². The fraction of sp³-hybridized carbons (Fsp3) is 0.500. The van der Waals surface area contributed by atoms with Gasteiger partial charge in [0.05, 0.1) is 16.1 Å². The maximum atomic E-state index is 11.9. The second kappa shape index (κ2) is 4.07. The normalized spacial score (nSPS) is 23.2. The Bertz CT molecular complexity index is 639. The van der Waals surface area contributed by atoms with Gasteiger partial charge in [-0.1, -0.05) is 25.0 Å². The highest BCUT2D eigenvalue weighted by Crippen LogP contribution is 2.43. The molecule has 0 atom stereocenters. The number of fused-ring (bicyclic) bond motifs is 1. The number of carboxylic acid groups (broad SMARTS) is 1. The molecular weight excluding hydrogens is 264 g/mol. The number of carboxylic acids is 1. The zero-order valence-corrected chi connectivity index (χ0v) is 11.4. The highest BCUT2D eigenvalue weighted by atomic mass is 32.2. The van der Waals surface area contributed by atoms with E-state index in [0.29, 0.717) is 29.7 Å². The van der Waals surface area contributed by atoms with Crippen LogP contribution in [0.5, 0.6) is 0 Å². The lowest BCUT2D eigenvalue weighted by atomic mass is 9.78. The first-order valence-electron chi connectivity index (χ1n) is 6.55. The number of aliphatic carboxylic acids is 1. The van der Waals surface area contributed by atoms with Gasteiger partial charge in [0.1, 0.15) is 0 Å². The number of rotatable bonds is 2. The molecule has 0 radical (unpaired) electrons. The summed E-state index contributed by atoms with van der Waals surface area (Å²) >= 11 is 0. The lowest BCUT2D eigenvalue weighted by Gasteiger charge is -2.24. The average Bonchev–Trinajstić information content (AvgIpc) is 2.96. The molecule has 0 aromatic heterocycles. The van der Waals surface area contributed by atoms with Gasteiger partial charge in [-0.3, -0.25) is 4.79 Å². The van der Waals surface area contributed by atoms with Crippen molar-refractivity contribution in [1.29, 1.82) is 0 Å². The third kappa shape index (κ3) is 1.79. The summed E-state index contributed by atoms with van der Waals surface area (Å²) in [6.07, 6.45) is 3.51. The largest absolute Gasteiger partial charge is 0.481 e. The number of hydrogen-bond acceptors (Lipinski definition) is 3. The van der Waals surface area contributed by atoms with Crippen LogP contribution in [0.15, 0.2) is 23.1 Å². The van der Waals surface area contributed by atoms with Gasteiger partial charge in [-0.25, -0.2) is 8.42 Å². The summed E-state index contributed by atoms with van der Waals surface area (Å²) in [4.78, 5) is 12.0. The first-order chi connectivity index (χ1) is 8.96. The molecule has 3 rings (SSSR count). The van der Waals surface area contributed by atoms with Crippen molar-refractivity contribution in [2.45, 2.75) is 42.4 Å². The highest BCUT2D eigenvalue weighted by molar-refractivity contribution is 7.91. The van der Waals surface area contributed by atoms with Gasteiger partial charge in [0.15, 0.2) is 9.84 Å². The lowest BCUT2D eigenvalue weighted by Crippen LogP contribution is -2.32.